The smallest absolute Gasteiger partial charge is 0.294 e. The van der Waals surface area contributed by atoms with Crippen molar-refractivity contribution in [1.29, 1.82) is 0 Å². The molecule has 0 aliphatic carbocycles. The van der Waals surface area contributed by atoms with Crippen LogP contribution in [0, 0.1) is 21.0 Å². The van der Waals surface area contributed by atoms with E-state index in [1.807, 2.05) is 51.1 Å². The Balaban J connectivity index is 1.79. The molecule has 1 fully saturated rings. The Morgan fingerprint density at radius 2 is 1.94 bits per heavy atom. The largest absolute Gasteiger partial charge is 0.492 e. The molecule has 1 aliphatic rings. The number of carbonyl (C=O) groups excluding carboxylic acids is 3. The van der Waals surface area contributed by atoms with Crippen molar-refractivity contribution in [3.63, 3.8) is 0 Å². The van der Waals surface area contributed by atoms with Gasteiger partial charge in [-0.3, -0.25) is 19.3 Å². The molecule has 3 rings (SSSR count). The second-order valence-corrected chi connectivity index (χ2v) is 10.3. The Bertz CT molecular complexity index is 1100. The first-order chi connectivity index (χ1) is 14.7. The summed E-state index contributed by atoms with van der Waals surface area (Å²) in [5.41, 5.74) is 3.39. The zero-order valence-corrected chi connectivity index (χ0v) is 22.3. The molecule has 1 saturated heterocycles. The summed E-state index contributed by atoms with van der Waals surface area (Å²) in [6.45, 7) is 5.90. The number of anilines is 1. The summed E-state index contributed by atoms with van der Waals surface area (Å²) in [4.78, 5) is 39.0. The fourth-order valence-corrected chi connectivity index (χ4v) is 5.92. The summed E-state index contributed by atoms with van der Waals surface area (Å²) in [6, 6.07) is 9.53. The van der Waals surface area contributed by atoms with E-state index in [0.717, 1.165) is 40.5 Å². The van der Waals surface area contributed by atoms with Crippen LogP contribution in [-0.2, 0) is 9.59 Å². The van der Waals surface area contributed by atoms with Gasteiger partial charge in [-0.1, -0.05) is 17.7 Å². The van der Waals surface area contributed by atoms with Gasteiger partial charge < -0.3 is 10.1 Å². The van der Waals surface area contributed by atoms with Crippen molar-refractivity contribution >= 4 is 85.8 Å². The van der Waals surface area contributed by atoms with Gasteiger partial charge in [0.25, 0.3) is 11.1 Å². The molecule has 3 amide bonds. The first-order valence-electron chi connectivity index (χ1n) is 9.44. The molecule has 6 nitrogen and oxygen atoms in total. The van der Waals surface area contributed by atoms with Gasteiger partial charge in [0.1, 0.15) is 12.3 Å². The van der Waals surface area contributed by atoms with Crippen LogP contribution in [0.4, 0.5) is 10.5 Å². The van der Waals surface area contributed by atoms with E-state index >= 15 is 0 Å². The number of rotatable bonds is 6. The molecule has 0 unspecified atom stereocenters. The van der Waals surface area contributed by atoms with Crippen LogP contribution in [0.5, 0.6) is 5.75 Å². The molecular formula is C22H20I2N2O4S. The minimum Gasteiger partial charge on any atom is -0.492 e. The maximum Gasteiger partial charge on any atom is 0.294 e. The zero-order chi connectivity index (χ0) is 22.7. The van der Waals surface area contributed by atoms with Crippen molar-refractivity contribution in [2.75, 3.05) is 18.5 Å². The summed E-state index contributed by atoms with van der Waals surface area (Å²) < 4.78 is 7.64. The third-order valence-electron chi connectivity index (χ3n) is 4.44. The lowest BCUT2D eigenvalue weighted by atomic mass is 10.1. The Labute approximate surface area is 212 Å². The lowest BCUT2D eigenvalue weighted by molar-refractivity contribution is -0.127. The van der Waals surface area contributed by atoms with Crippen LogP contribution < -0.4 is 10.1 Å². The fourth-order valence-electron chi connectivity index (χ4n) is 3.05. The van der Waals surface area contributed by atoms with Gasteiger partial charge in [-0.25, -0.2) is 0 Å². The van der Waals surface area contributed by atoms with Crippen LogP contribution in [0.25, 0.3) is 6.08 Å². The first kappa shape index (κ1) is 24.1. The standard InChI is InChI=1S/C22H20I2N2O4S/c1-4-30-20-14(8-15(23)10-16(20)24)9-18-21(28)26(22(29)31-18)11-19(27)25-17-6-5-12(2)7-13(17)3/h5-10H,4,11H2,1-3H3,(H,25,27)/b18-9+. The molecule has 31 heavy (non-hydrogen) atoms. The van der Waals surface area contributed by atoms with Crippen LogP contribution in [-0.4, -0.2) is 35.1 Å². The van der Waals surface area contributed by atoms with E-state index in [9.17, 15) is 14.4 Å². The van der Waals surface area contributed by atoms with Crippen molar-refractivity contribution in [2.24, 2.45) is 0 Å². The highest BCUT2D eigenvalue weighted by molar-refractivity contribution is 14.1. The minimum absolute atomic E-state index is 0.267. The van der Waals surface area contributed by atoms with E-state index in [-0.39, 0.29) is 11.4 Å². The predicted molar refractivity (Wildman–Crippen MR) is 140 cm³/mol. The Morgan fingerprint density at radius 3 is 2.61 bits per heavy atom. The average molecular weight is 662 g/mol. The summed E-state index contributed by atoms with van der Waals surface area (Å²) >= 11 is 5.21. The molecule has 2 aromatic rings. The highest BCUT2D eigenvalue weighted by Gasteiger charge is 2.36. The molecular weight excluding hydrogens is 642 g/mol. The molecule has 1 heterocycles. The number of hydrogen-bond donors (Lipinski definition) is 1. The van der Waals surface area contributed by atoms with E-state index in [2.05, 4.69) is 50.5 Å². The first-order valence-corrected chi connectivity index (χ1v) is 12.4. The number of hydrogen-bond acceptors (Lipinski definition) is 5. The number of ether oxygens (including phenoxy) is 1. The molecule has 0 saturated carbocycles. The molecule has 9 heteroatoms. The summed E-state index contributed by atoms with van der Waals surface area (Å²) in [5.74, 6) is -0.237. The topological polar surface area (TPSA) is 75.7 Å². The van der Waals surface area contributed by atoms with Gasteiger partial charge in [0.2, 0.25) is 5.91 Å². The van der Waals surface area contributed by atoms with E-state index in [4.69, 9.17) is 4.74 Å². The number of nitrogens with zero attached hydrogens (tertiary/aromatic N) is 1. The molecule has 0 atom stereocenters. The quantitative estimate of drug-likeness (QED) is 0.323. The highest BCUT2D eigenvalue weighted by Crippen LogP contribution is 2.36. The van der Waals surface area contributed by atoms with Crippen molar-refractivity contribution < 1.29 is 19.1 Å². The summed E-state index contributed by atoms with van der Waals surface area (Å²) in [6.07, 6.45) is 1.66. The molecule has 0 spiro atoms. The van der Waals surface area contributed by atoms with Gasteiger partial charge in [0, 0.05) is 14.8 Å². The number of aryl methyl sites for hydroxylation is 2. The molecule has 1 aliphatic heterocycles. The van der Waals surface area contributed by atoms with Crippen LogP contribution in [0.15, 0.2) is 35.2 Å². The molecule has 2 aromatic carbocycles. The molecule has 1 N–H and O–H groups in total. The predicted octanol–water partition coefficient (Wildman–Crippen LogP) is 5.59. The van der Waals surface area contributed by atoms with Crippen LogP contribution >= 0.6 is 56.9 Å². The number of halogens is 2. The van der Waals surface area contributed by atoms with Crippen molar-refractivity contribution in [3.8, 4) is 5.75 Å². The van der Waals surface area contributed by atoms with E-state index in [1.165, 1.54) is 0 Å². The second-order valence-electron chi connectivity index (χ2n) is 6.87. The van der Waals surface area contributed by atoms with Crippen molar-refractivity contribution in [1.82, 2.24) is 4.90 Å². The van der Waals surface area contributed by atoms with E-state index in [1.54, 1.807) is 6.08 Å². The van der Waals surface area contributed by atoms with E-state index in [0.29, 0.717) is 18.0 Å². The van der Waals surface area contributed by atoms with Gasteiger partial charge in [-0.15, -0.1) is 0 Å². The van der Waals surface area contributed by atoms with E-state index < -0.39 is 17.1 Å². The third kappa shape index (κ3) is 5.80. The number of carbonyl (C=O) groups is 3. The minimum atomic E-state index is -0.484. The summed E-state index contributed by atoms with van der Waals surface area (Å²) in [5, 5.41) is 2.31. The van der Waals surface area contributed by atoms with Crippen LogP contribution in [0.1, 0.15) is 23.6 Å². The zero-order valence-electron chi connectivity index (χ0n) is 17.1. The SMILES string of the molecule is CCOc1c(I)cc(I)cc1/C=C1/SC(=O)N(CC(=O)Nc2ccc(C)cc2C)C1=O. The van der Waals surface area contributed by atoms with Gasteiger partial charge in [0.15, 0.2) is 0 Å². The van der Waals surface area contributed by atoms with Gasteiger partial charge in [-0.2, -0.15) is 0 Å². The van der Waals surface area contributed by atoms with Crippen LogP contribution in [0.2, 0.25) is 0 Å². The van der Waals surface area contributed by atoms with Gasteiger partial charge in [-0.05, 0) is 108 Å². The maximum atomic E-state index is 12.9. The van der Waals surface area contributed by atoms with Crippen molar-refractivity contribution in [3.05, 3.63) is 59.1 Å². The molecule has 0 aromatic heterocycles. The lowest BCUT2D eigenvalue weighted by Gasteiger charge is -2.14. The number of benzene rings is 2. The van der Waals surface area contributed by atoms with Crippen molar-refractivity contribution in [2.45, 2.75) is 20.8 Å². The fraction of sp³-hybridized carbons (Fsp3) is 0.227. The van der Waals surface area contributed by atoms with Gasteiger partial charge >= 0.3 is 0 Å². The molecule has 162 valence electrons. The Hall–Kier alpha value is -1.60. The number of amides is 3. The lowest BCUT2D eigenvalue weighted by Crippen LogP contribution is -2.36. The van der Waals surface area contributed by atoms with Gasteiger partial charge in [0.05, 0.1) is 15.1 Å². The number of thioether (sulfide) groups is 1. The third-order valence-corrected chi connectivity index (χ3v) is 6.78. The number of imide groups is 1. The van der Waals surface area contributed by atoms with Crippen LogP contribution in [0.3, 0.4) is 0 Å². The summed E-state index contributed by atoms with van der Waals surface area (Å²) in [7, 11) is 0. The normalized spacial score (nSPS) is 15.0. The molecule has 0 radical (unpaired) electrons. The Kier molecular flexibility index (Phi) is 8.03. The molecule has 0 bridgehead atoms. The number of nitrogens with one attached hydrogen (secondary N) is 1. The second kappa shape index (κ2) is 10.3. The average Bonchev–Trinajstić information content (AvgIpc) is 2.94. The Morgan fingerprint density at radius 1 is 1.19 bits per heavy atom. The monoisotopic (exact) mass is 662 g/mol. The maximum absolute atomic E-state index is 12.9. The highest BCUT2D eigenvalue weighted by atomic mass is 127.